The molecule has 0 saturated carbocycles. The van der Waals surface area contributed by atoms with Gasteiger partial charge in [0.25, 0.3) is 0 Å². The average Bonchev–Trinajstić information content (AvgIpc) is 2.79. The van der Waals surface area contributed by atoms with Crippen LogP contribution in [0.15, 0.2) is 0 Å². The molecule has 2 saturated heterocycles. The van der Waals surface area contributed by atoms with Crippen molar-refractivity contribution in [2.24, 2.45) is 5.92 Å². The molecule has 2 atom stereocenters. The van der Waals surface area contributed by atoms with Gasteiger partial charge in [0.2, 0.25) is 0 Å². The van der Waals surface area contributed by atoms with E-state index < -0.39 is 0 Å². The maximum atomic E-state index is 5.38. The van der Waals surface area contributed by atoms with Gasteiger partial charge in [-0.15, -0.1) is 0 Å². The average molecular weight is 226 g/mol. The summed E-state index contributed by atoms with van der Waals surface area (Å²) in [5, 5.41) is 3.66. The van der Waals surface area contributed by atoms with Gasteiger partial charge in [-0.05, 0) is 52.1 Å². The lowest BCUT2D eigenvalue weighted by Gasteiger charge is -2.35. The molecule has 2 heterocycles. The summed E-state index contributed by atoms with van der Waals surface area (Å²) < 4.78 is 5.38. The van der Waals surface area contributed by atoms with Crippen molar-refractivity contribution in [2.45, 2.75) is 45.2 Å². The molecule has 2 fully saturated rings. The molecule has 0 aromatic heterocycles. The first-order valence-electron chi connectivity index (χ1n) is 6.81. The molecule has 0 spiro atoms. The molecule has 2 aliphatic rings. The Kier molecular flexibility index (Phi) is 4.62. The Morgan fingerprint density at radius 2 is 2.25 bits per heavy atom. The molecular formula is C13H26N2O. The number of nitrogens with zero attached hydrogens (tertiary/aromatic N) is 1. The van der Waals surface area contributed by atoms with Gasteiger partial charge in [0.15, 0.2) is 0 Å². The van der Waals surface area contributed by atoms with Crippen LogP contribution in [0, 0.1) is 5.92 Å². The van der Waals surface area contributed by atoms with Crippen LogP contribution in [0.25, 0.3) is 0 Å². The monoisotopic (exact) mass is 226 g/mol. The van der Waals surface area contributed by atoms with Crippen LogP contribution in [-0.4, -0.2) is 49.8 Å². The summed E-state index contributed by atoms with van der Waals surface area (Å²) in [4.78, 5) is 2.61. The van der Waals surface area contributed by atoms with E-state index in [9.17, 15) is 0 Å². The minimum atomic E-state index is 0.620. The summed E-state index contributed by atoms with van der Waals surface area (Å²) in [6.07, 6.45) is 3.95. The van der Waals surface area contributed by atoms with Crippen molar-refractivity contribution in [3.63, 3.8) is 0 Å². The Balaban J connectivity index is 1.68. The number of hydrogen-bond donors (Lipinski definition) is 1. The minimum absolute atomic E-state index is 0.620. The van der Waals surface area contributed by atoms with Gasteiger partial charge in [0.05, 0.1) is 6.61 Å². The third kappa shape index (κ3) is 3.44. The first-order valence-corrected chi connectivity index (χ1v) is 6.81. The van der Waals surface area contributed by atoms with Gasteiger partial charge < -0.3 is 15.0 Å². The predicted octanol–water partition coefficient (Wildman–Crippen LogP) is 1.49. The van der Waals surface area contributed by atoms with Gasteiger partial charge in [-0.2, -0.15) is 0 Å². The van der Waals surface area contributed by atoms with Crippen LogP contribution < -0.4 is 5.32 Å². The third-order valence-corrected chi connectivity index (χ3v) is 3.91. The molecule has 16 heavy (non-hydrogen) atoms. The van der Waals surface area contributed by atoms with Crippen LogP contribution in [0.1, 0.15) is 33.1 Å². The van der Waals surface area contributed by atoms with E-state index in [1.165, 1.54) is 38.9 Å². The Labute approximate surface area is 99.5 Å². The number of likely N-dealkylation sites (tertiary alicyclic amines) is 1. The quantitative estimate of drug-likeness (QED) is 0.786. The van der Waals surface area contributed by atoms with E-state index in [0.29, 0.717) is 12.1 Å². The van der Waals surface area contributed by atoms with Crippen molar-refractivity contribution in [3.8, 4) is 0 Å². The summed E-state index contributed by atoms with van der Waals surface area (Å²) in [6, 6.07) is 1.33. The SMILES string of the molecule is CC(C)N1CCCC(CNC2CCOC2)C1. The zero-order valence-electron chi connectivity index (χ0n) is 10.7. The summed E-state index contributed by atoms with van der Waals surface area (Å²) >= 11 is 0. The highest BCUT2D eigenvalue weighted by Gasteiger charge is 2.23. The summed E-state index contributed by atoms with van der Waals surface area (Å²) in [5.74, 6) is 0.844. The van der Waals surface area contributed by atoms with E-state index in [-0.39, 0.29) is 0 Å². The largest absolute Gasteiger partial charge is 0.380 e. The van der Waals surface area contributed by atoms with Crippen molar-refractivity contribution < 1.29 is 4.74 Å². The minimum Gasteiger partial charge on any atom is -0.380 e. The standard InChI is InChI=1S/C13H26N2O/c1-11(2)15-6-3-4-12(9-15)8-14-13-5-7-16-10-13/h11-14H,3-10H2,1-2H3. The second kappa shape index (κ2) is 5.99. The molecule has 3 heteroatoms. The van der Waals surface area contributed by atoms with Gasteiger partial charge in [0.1, 0.15) is 0 Å². The van der Waals surface area contributed by atoms with E-state index in [1.807, 2.05) is 0 Å². The van der Waals surface area contributed by atoms with Crippen LogP contribution in [0.2, 0.25) is 0 Å². The van der Waals surface area contributed by atoms with Crippen LogP contribution in [0.4, 0.5) is 0 Å². The number of nitrogens with one attached hydrogen (secondary N) is 1. The molecular weight excluding hydrogens is 200 g/mol. The van der Waals surface area contributed by atoms with Crippen LogP contribution in [0.5, 0.6) is 0 Å². The van der Waals surface area contributed by atoms with Crippen molar-refractivity contribution in [1.29, 1.82) is 0 Å². The van der Waals surface area contributed by atoms with Crippen molar-refractivity contribution in [2.75, 3.05) is 32.8 Å². The van der Waals surface area contributed by atoms with Crippen LogP contribution in [0.3, 0.4) is 0 Å². The molecule has 0 radical (unpaired) electrons. The molecule has 94 valence electrons. The van der Waals surface area contributed by atoms with Crippen LogP contribution >= 0.6 is 0 Å². The number of hydrogen-bond acceptors (Lipinski definition) is 3. The zero-order valence-corrected chi connectivity index (χ0v) is 10.7. The fourth-order valence-electron chi connectivity index (χ4n) is 2.76. The van der Waals surface area contributed by atoms with Gasteiger partial charge in [-0.1, -0.05) is 0 Å². The normalized spacial score (nSPS) is 32.4. The maximum Gasteiger partial charge on any atom is 0.0620 e. The Bertz CT molecular complexity index is 202. The third-order valence-electron chi connectivity index (χ3n) is 3.91. The first-order chi connectivity index (χ1) is 7.75. The lowest BCUT2D eigenvalue weighted by Crippen LogP contribution is -2.44. The van der Waals surface area contributed by atoms with E-state index >= 15 is 0 Å². The fourth-order valence-corrected chi connectivity index (χ4v) is 2.76. The topological polar surface area (TPSA) is 24.5 Å². The smallest absolute Gasteiger partial charge is 0.0620 e. The second-order valence-corrected chi connectivity index (χ2v) is 5.57. The Hall–Kier alpha value is -0.120. The highest BCUT2D eigenvalue weighted by molar-refractivity contribution is 4.79. The molecule has 1 N–H and O–H groups in total. The molecule has 2 aliphatic heterocycles. The number of ether oxygens (including phenoxy) is 1. The fraction of sp³-hybridized carbons (Fsp3) is 1.00. The Morgan fingerprint density at radius 3 is 2.94 bits per heavy atom. The van der Waals surface area contributed by atoms with E-state index in [1.54, 1.807) is 0 Å². The maximum absolute atomic E-state index is 5.38. The lowest BCUT2D eigenvalue weighted by molar-refractivity contribution is 0.135. The molecule has 3 nitrogen and oxygen atoms in total. The van der Waals surface area contributed by atoms with Gasteiger partial charge >= 0.3 is 0 Å². The van der Waals surface area contributed by atoms with E-state index in [0.717, 1.165) is 19.1 Å². The molecule has 0 amide bonds. The summed E-state index contributed by atoms with van der Waals surface area (Å²) in [6.45, 7) is 10.2. The highest BCUT2D eigenvalue weighted by Crippen LogP contribution is 2.18. The van der Waals surface area contributed by atoms with Crippen molar-refractivity contribution in [1.82, 2.24) is 10.2 Å². The molecule has 0 aliphatic carbocycles. The molecule has 0 bridgehead atoms. The van der Waals surface area contributed by atoms with Gasteiger partial charge in [-0.25, -0.2) is 0 Å². The Morgan fingerprint density at radius 1 is 1.38 bits per heavy atom. The summed E-state index contributed by atoms with van der Waals surface area (Å²) in [7, 11) is 0. The second-order valence-electron chi connectivity index (χ2n) is 5.57. The lowest BCUT2D eigenvalue weighted by atomic mass is 9.96. The predicted molar refractivity (Wildman–Crippen MR) is 66.7 cm³/mol. The highest BCUT2D eigenvalue weighted by atomic mass is 16.5. The molecule has 2 unspecified atom stereocenters. The van der Waals surface area contributed by atoms with Gasteiger partial charge in [-0.3, -0.25) is 0 Å². The van der Waals surface area contributed by atoms with E-state index in [2.05, 4.69) is 24.1 Å². The molecule has 2 rings (SSSR count). The zero-order chi connectivity index (χ0) is 11.4. The number of piperidine rings is 1. The van der Waals surface area contributed by atoms with Crippen LogP contribution in [-0.2, 0) is 4.74 Å². The number of rotatable bonds is 4. The van der Waals surface area contributed by atoms with Gasteiger partial charge in [0, 0.05) is 25.2 Å². The van der Waals surface area contributed by atoms with Crippen molar-refractivity contribution in [3.05, 3.63) is 0 Å². The molecule has 0 aromatic carbocycles. The van der Waals surface area contributed by atoms with Crippen molar-refractivity contribution >= 4 is 0 Å². The summed E-state index contributed by atoms with van der Waals surface area (Å²) in [5.41, 5.74) is 0. The molecule has 0 aromatic rings. The first kappa shape index (κ1) is 12.3. The van der Waals surface area contributed by atoms with E-state index in [4.69, 9.17) is 4.74 Å².